The molecule has 1 amide bonds. The molecule has 0 heterocycles. The lowest BCUT2D eigenvalue weighted by Gasteiger charge is -2.15. The van der Waals surface area contributed by atoms with Crippen LogP contribution in [0.5, 0.6) is 5.75 Å². The van der Waals surface area contributed by atoms with Gasteiger partial charge in [-0.1, -0.05) is 30.3 Å². The summed E-state index contributed by atoms with van der Waals surface area (Å²) in [4.78, 5) is 23.2. The normalized spacial score (nSPS) is 11.6. The van der Waals surface area contributed by atoms with Crippen molar-refractivity contribution >= 4 is 11.9 Å². The highest BCUT2D eigenvalue weighted by Gasteiger charge is 2.20. The van der Waals surface area contributed by atoms with E-state index in [1.165, 1.54) is 6.07 Å². The summed E-state index contributed by atoms with van der Waals surface area (Å²) in [5, 5.41) is 11.7. The minimum absolute atomic E-state index is 0.0292. The topological polar surface area (TPSA) is 75.6 Å². The first kappa shape index (κ1) is 19.4. The number of hydrogen-bond acceptors (Lipinski definition) is 3. The molecule has 5 nitrogen and oxygen atoms in total. The molecule has 2 N–H and O–H groups in total. The number of hydrogen-bond donors (Lipinski definition) is 2. The van der Waals surface area contributed by atoms with Gasteiger partial charge >= 0.3 is 5.97 Å². The minimum Gasteiger partial charge on any atom is -0.491 e. The number of carbonyl (C=O) groups is 2. The summed E-state index contributed by atoms with van der Waals surface area (Å²) in [6.45, 7) is 0.0480. The first-order valence-corrected chi connectivity index (χ1v) is 8.09. The van der Waals surface area contributed by atoms with Gasteiger partial charge in [0.25, 0.3) is 0 Å². The zero-order valence-electron chi connectivity index (χ0n) is 14.0. The standard InChI is InChI=1S/C19H19F2NO4/c20-14-8-9-17(15(21)12-14)26-10-4-7-18(23)22-16(19(24)25)11-13-5-2-1-3-6-13/h1-3,5-6,8-9,12,16H,4,7,10-11H2,(H,22,23)(H,24,25)/t16-/m0/s1. The van der Waals surface area contributed by atoms with Gasteiger partial charge in [0.05, 0.1) is 6.61 Å². The first-order valence-electron chi connectivity index (χ1n) is 8.09. The van der Waals surface area contributed by atoms with E-state index in [1.807, 2.05) is 6.07 Å². The molecular formula is C19H19F2NO4. The van der Waals surface area contributed by atoms with E-state index < -0.39 is 29.6 Å². The lowest BCUT2D eigenvalue weighted by Crippen LogP contribution is -2.42. The third-order valence-electron chi connectivity index (χ3n) is 3.62. The Bertz CT molecular complexity index is 752. The number of carbonyl (C=O) groups excluding carboxylic acids is 1. The predicted octanol–water partition coefficient (Wildman–Crippen LogP) is 2.94. The zero-order valence-corrected chi connectivity index (χ0v) is 14.0. The third-order valence-corrected chi connectivity index (χ3v) is 3.62. The van der Waals surface area contributed by atoms with Crippen molar-refractivity contribution in [2.24, 2.45) is 0 Å². The fourth-order valence-corrected chi connectivity index (χ4v) is 2.32. The number of carboxylic acids is 1. The Hall–Kier alpha value is -2.96. The van der Waals surface area contributed by atoms with Crippen LogP contribution in [0.15, 0.2) is 48.5 Å². The zero-order chi connectivity index (χ0) is 18.9. The number of aliphatic carboxylic acids is 1. The maximum absolute atomic E-state index is 13.4. The first-order chi connectivity index (χ1) is 12.5. The summed E-state index contributed by atoms with van der Waals surface area (Å²) in [7, 11) is 0. The Morgan fingerprint density at radius 2 is 1.85 bits per heavy atom. The van der Waals surface area contributed by atoms with Gasteiger partial charge in [0.2, 0.25) is 5.91 Å². The van der Waals surface area contributed by atoms with E-state index in [2.05, 4.69) is 5.32 Å². The predicted molar refractivity (Wildman–Crippen MR) is 90.8 cm³/mol. The van der Waals surface area contributed by atoms with Gasteiger partial charge in [-0.15, -0.1) is 0 Å². The fraction of sp³-hybridized carbons (Fsp3) is 0.263. The highest BCUT2D eigenvalue weighted by molar-refractivity contribution is 5.83. The molecule has 2 aromatic rings. The van der Waals surface area contributed by atoms with Gasteiger partial charge in [-0.05, 0) is 24.1 Å². The summed E-state index contributed by atoms with van der Waals surface area (Å²) >= 11 is 0. The van der Waals surface area contributed by atoms with Crippen LogP contribution < -0.4 is 10.1 Å². The van der Waals surface area contributed by atoms with Crippen molar-refractivity contribution in [2.75, 3.05) is 6.61 Å². The Kier molecular flexibility index (Phi) is 7.08. The Labute approximate surface area is 149 Å². The minimum atomic E-state index is -1.12. The quantitative estimate of drug-likeness (QED) is 0.672. The van der Waals surface area contributed by atoms with Crippen molar-refractivity contribution in [2.45, 2.75) is 25.3 Å². The molecule has 0 aliphatic heterocycles. The molecule has 1 atom stereocenters. The largest absolute Gasteiger partial charge is 0.491 e. The van der Waals surface area contributed by atoms with Crippen LogP contribution in [0.2, 0.25) is 0 Å². The van der Waals surface area contributed by atoms with Gasteiger partial charge in [-0.2, -0.15) is 0 Å². The second kappa shape index (κ2) is 9.50. The van der Waals surface area contributed by atoms with Crippen molar-refractivity contribution in [3.05, 3.63) is 65.7 Å². The second-order valence-electron chi connectivity index (χ2n) is 5.67. The van der Waals surface area contributed by atoms with Crippen molar-refractivity contribution in [3.63, 3.8) is 0 Å². The maximum atomic E-state index is 13.4. The lowest BCUT2D eigenvalue weighted by molar-refractivity contribution is -0.141. The Balaban J connectivity index is 1.76. The van der Waals surface area contributed by atoms with E-state index in [0.29, 0.717) is 6.07 Å². The maximum Gasteiger partial charge on any atom is 0.326 e. The molecule has 0 radical (unpaired) electrons. The highest BCUT2D eigenvalue weighted by Crippen LogP contribution is 2.17. The average Bonchev–Trinajstić information content (AvgIpc) is 2.60. The van der Waals surface area contributed by atoms with Crippen molar-refractivity contribution in [1.82, 2.24) is 5.32 Å². The van der Waals surface area contributed by atoms with Gasteiger partial charge in [0.1, 0.15) is 11.9 Å². The third kappa shape index (κ3) is 6.16. The molecule has 0 aliphatic rings. The van der Waals surface area contributed by atoms with E-state index >= 15 is 0 Å². The van der Waals surface area contributed by atoms with Crippen LogP contribution in [0.4, 0.5) is 8.78 Å². The van der Waals surface area contributed by atoms with Gasteiger partial charge in [0.15, 0.2) is 11.6 Å². The molecule has 0 bridgehead atoms. The van der Waals surface area contributed by atoms with Crippen LogP contribution in [-0.2, 0) is 16.0 Å². The van der Waals surface area contributed by atoms with Crippen LogP contribution in [0.3, 0.4) is 0 Å². The number of rotatable bonds is 9. The van der Waals surface area contributed by atoms with Gasteiger partial charge in [0, 0.05) is 18.9 Å². The molecule has 0 aromatic heterocycles. The number of nitrogens with one attached hydrogen (secondary N) is 1. The van der Waals surface area contributed by atoms with E-state index in [0.717, 1.165) is 11.6 Å². The highest BCUT2D eigenvalue weighted by atomic mass is 19.1. The molecule has 0 unspecified atom stereocenters. The summed E-state index contributed by atoms with van der Waals surface area (Å²) < 4.78 is 31.3. The molecule has 0 aliphatic carbocycles. The molecular weight excluding hydrogens is 344 g/mol. The monoisotopic (exact) mass is 363 g/mol. The number of halogens is 2. The summed E-state index contributed by atoms with van der Waals surface area (Å²) in [5.74, 6) is -3.17. The fourth-order valence-electron chi connectivity index (χ4n) is 2.32. The molecule has 26 heavy (non-hydrogen) atoms. The van der Waals surface area contributed by atoms with E-state index in [1.54, 1.807) is 24.3 Å². The van der Waals surface area contributed by atoms with Crippen LogP contribution >= 0.6 is 0 Å². The van der Waals surface area contributed by atoms with E-state index in [4.69, 9.17) is 4.74 Å². The number of carboxylic acid groups (broad SMARTS) is 1. The average molecular weight is 363 g/mol. The second-order valence-corrected chi connectivity index (χ2v) is 5.67. The van der Waals surface area contributed by atoms with E-state index in [-0.39, 0.29) is 31.6 Å². The smallest absolute Gasteiger partial charge is 0.326 e. The molecule has 7 heteroatoms. The Morgan fingerprint density at radius 1 is 1.12 bits per heavy atom. The van der Waals surface area contributed by atoms with Gasteiger partial charge < -0.3 is 15.2 Å². The van der Waals surface area contributed by atoms with Crippen LogP contribution in [0.1, 0.15) is 18.4 Å². The Morgan fingerprint density at radius 3 is 2.50 bits per heavy atom. The summed E-state index contributed by atoms with van der Waals surface area (Å²) in [6.07, 6.45) is 0.473. The van der Waals surface area contributed by atoms with Crippen LogP contribution in [-0.4, -0.2) is 29.6 Å². The summed E-state index contributed by atoms with van der Waals surface area (Å²) in [6, 6.07) is 10.9. The number of amides is 1. The SMILES string of the molecule is O=C(CCCOc1ccc(F)cc1F)N[C@@H](Cc1ccccc1)C(=O)O. The molecule has 138 valence electrons. The summed E-state index contributed by atoms with van der Waals surface area (Å²) in [5.41, 5.74) is 0.801. The van der Waals surface area contributed by atoms with Crippen LogP contribution in [0, 0.1) is 11.6 Å². The number of benzene rings is 2. The molecule has 0 fully saturated rings. The molecule has 0 saturated heterocycles. The number of ether oxygens (including phenoxy) is 1. The van der Waals surface area contributed by atoms with Gasteiger partial charge in [-0.3, -0.25) is 4.79 Å². The molecule has 2 rings (SSSR count). The lowest BCUT2D eigenvalue weighted by atomic mass is 10.1. The molecule has 0 spiro atoms. The van der Waals surface area contributed by atoms with Crippen LogP contribution in [0.25, 0.3) is 0 Å². The van der Waals surface area contributed by atoms with E-state index in [9.17, 15) is 23.5 Å². The van der Waals surface area contributed by atoms with Crippen molar-refractivity contribution in [3.8, 4) is 5.75 Å². The molecule has 2 aromatic carbocycles. The molecule has 0 saturated carbocycles. The van der Waals surface area contributed by atoms with Crippen molar-refractivity contribution < 1.29 is 28.2 Å². The van der Waals surface area contributed by atoms with Crippen molar-refractivity contribution in [1.29, 1.82) is 0 Å². The van der Waals surface area contributed by atoms with Gasteiger partial charge in [-0.25, -0.2) is 13.6 Å².